The Balaban J connectivity index is 2.35. The van der Waals surface area contributed by atoms with Crippen LogP contribution in [-0.4, -0.2) is 9.55 Å². The molecule has 0 spiro atoms. The summed E-state index contributed by atoms with van der Waals surface area (Å²) in [5.74, 6) is 0.361. The molecule has 0 fully saturated rings. The Bertz CT molecular complexity index is 676. The van der Waals surface area contributed by atoms with Gasteiger partial charge in [-0.15, -0.1) is 0 Å². The molecule has 0 radical (unpaired) electrons. The van der Waals surface area contributed by atoms with Gasteiger partial charge in [0, 0.05) is 30.2 Å². The number of nitrogens with two attached hydrogens (primary N) is 1. The molecule has 0 saturated carbocycles. The van der Waals surface area contributed by atoms with Crippen molar-refractivity contribution in [2.75, 3.05) is 5.73 Å². The number of fused-ring (bicyclic) bond motifs is 1. The maximum absolute atomic E-state index is 9.41. The maximum Gasteiger partial charge on any atom is 0.142 e. The van der Waals surface area contributed by atoms with Crippen LogP contribution in [0.15, 0.2) is 18.3 Å². The Morgan fingerprint density at radius 3 is 2.84 bits per heavy atom. The van der Waals surface area contributed by atoms with E-state index in [1.807, 2.05) is 29.9 Å². The second-order valence-electron chi connectivity index (χ2n) is 5.00. The molecule has 2 heterocycles. The number of rotatable bonds is 1. The number of hydrogen-bond acceptors (Lipinski definition) is 3. The van der Waals surface area contributed by atoms with E-state index in [1.54, 1.807) is 0 Å². The summed E-state index contributed by atoms with van der Waals surface area (Å²) in [5.41, 5.74) is 10.8. The molecule has 0 aromatic carbocycles. The number of hydrogen-bond donors (Lipinski definition) is 1. The number of aryl methyl sites for hydroxylation is 2. The average molecular weight is 252 g/mol. The standard InChI is InChI=1S/C15H16N4/c1-19-8-4-7-13(19)14-10-5-2-3-6-12(10)18-15(17)11(14)9-16/h4,7-8H,2-3,5-6H2,1H3,(H2,17,18). The minimum Gasteiger partial charge on any atom is -0.383 e. The highest BCUT2D eigenvalue weighted by atomic mass is 14.9. The normalized spacial score (nSPS) is 13.9. The first-order valence-electron chi connectivity index (χ1n) is 6.55. The molecule has 19 heavy (non-hydrogen) atoms. The van der Waals surface area contributed by atoms with E-state index in [-0.39, 0.29) is 0 Å². The fourth-order valence-corrected chi connectivity index (χ4v) is 2.88. The largest absolute Gasteiger partial charge is 0.383 e. The van der Waals surface area contributed by atoms with Crippen molar-refractivity contribution in [1.82, 2.24) is 9.55 Å². The lowest BCUT2D eigenvalue weighted by atomic mass is 9.88. The lowest BCUT2D eigenvalue weighted by Gasteiger charge is -2.21. The molecule has 0 aliphatic heterocycles. The van der Waals surface area contributed by atoms with Gasteiger partial charge in [0.25, 0.3) is 0 Å². The molecule has 0 amide bonds. The molecule has 96 valence electrons. The second kappa shape index (κ2) is 4.43. The Morgan fingerprint density at radius 1 is 1.37 bits per heavy atom. The van der Waals surface area contributed by atoms with E-state index in [4.69, 9.17) is 5.73 Å². The molecule has 2 aromatic rings. The van der Waals surface area contributed by atoms with Crippen LogP contribution in [0.25, 0.3) is 11.3 Å². The Morgan fingerprint density at radius 2 is 2.16 bits per heavy atom. The number of pyridine rings is 1. The molecule has 1 aliphatic carbocycles. The quantitative estimate of drug-likeness (QED) is 0.847. The van der Waals surface area contributed by atoms with Gasteiger partial charge in [-0.05, 0) is 43.4 Å². The zero-order valence-electron chi connectivity index (χ0n) is 11.0. The van der Waals surface area contributed by atoms with Gasteiger partial charge < -0.3 is 10.3 Å². The highest BCUT2D eigenvalue weighted by Crippen LogP contribution is 2.35. The first-order chi connectivity index (χ1) is 9.22. The summed E-state index contributed by atoms with van der Waals surface area (Å²) in [6.45, 7) is 0. The molecule has 2 N–H and O–H groups in total. The Labute approximate surface area is 112 Å². The predicted octanol–water partition coefficient (Wildman–Crippen LogP) is 2.42. The van der Waals surface area contributed by atoms with E-state index < -0.39 is 0 Å². The smallest absolute Gasteiger partial charge is 0.142 e. The molecular weight excluding hydrogens is 236 g/mol. The zero-order valence-corrected chi connectivity index (χ0v) is 11.0. The topological polar surface area (TPSA) is 67.6 Å². The van der Waals surface area contributed by atoms with Gasteiger partial charge in [-0.1, -0.05) is 0 Å². The third-order valence-corrected chi connectivity index (χ3v) is 3.81. The fourth-order valence-electron chi connectivity index (χ4n) is 2.88. The van der Waals surface area contributed by atoms with Crippen molar-refractivity contribution < 1.29 is 0 Å². The Hall–Kier alpha value is -2.28. The van der Waals surface area contributed by atoms with Gasteiger partial charge in [0.05, 0.1) is 0 Å². The minimum absolute atomic E-state index is 0.361. The van der Waals surface area contributed by atoms with E-state index in [2.05, 4.69) is 11.1 Å². The molecule has 3 rings (SSSR count). The van der Waals surface area contributed by atoms with Gasteiger partial charge in [-0.25, -0.2) is 4.98 Å². The predicted molar refractivity (Wildman–Crippen MR) is 74.4 cm³/mol. The molecule has 0 atom stereocenters. The summed E-state index contributed by atoms with van der Waals surface area (Å²) in [7, 11) is 1.99. The highest BCUT2D eigenvalue weighted by Gasteiger charge is 2.22. The monoisotopic (exact) mass is 252 g/mol. The number of aromatic nitrogens is 2. The van der Waals surface area contributed by atoms with Gasteiger partial charge in [0.1, 0.15) is 17.5 Å². The van der Waals surface area contributed by atoms with E-state index in [0.29, 0.717) is 11.4 Å². The van der Waals surface area contributed by atoms with Crippen molar-refractivity contribution in [2.45, 2.75) is 25.7 Å². The fraction of sp³-hybridized carbons (Fsp3) is 0.333. The van der Waals surface area contributed by atoms with Crippen LogP contribution in [0.1, 0.15) is 29.7 Å². The molecule has 4 heteroatoms. The molecule has 4 nitrogen and oxygen atoms in total. The number of nitriles is 1. The number of nitrogens with zero attached hydrogens (tertiary/aromatic N) is 3. The highest BCUT2D eigenvalue weighted by molar-refractivity contribution is 5.77. The van der Waals surface area contributed by atoms with Crippen LogP contribution in [0.5, 0.6) is 0 Å². The molecule has 2 aromatic heterocycles. The zero-order chi connectivity index (χ0) is 13.4. The first-order valence-corrected chi connectivity index (χ1v) is 6.55. The van der Waals surface area contributed by atoms with Crippen LogP contribution in [0.2, 0.25) is 0 Å². The van der Waals surface area contributed by atoms with Crippen molar-refractivity contribution in [1.29, 1.82) is 5.26 Å². The Kier molecular flexibility index (Phi) is 2.75. The molecule has 0 bridgehead atoms. The summed E-state index contributed by atoms with van der Waals surface area (Å²) in [5, 5.41) is 9.41. The van der Waals surface area contributed by atoms with Crippen LogP contribution in [0, 0.1) is 11.3 Å². The van der Waals surface area contributed by atoms with E-state index in [0.717, 1.165) is 42.6 Å². The SMILES string of the molecule is Cn1cccc1-c1c(C#N)c(N)nc2c1CCCC2. The third-order valence-electron chi connectivity index (χ3n) is 3.81. The van der Waals surface area contributed by atoms with Gasteiger partial charge >= 0.3 is 0 Å². The van der Waals surface area contributed by atoms with E-state index >= 15 is 0 Å². The number of nitrogen functional groups attached to an aromatic ring is 1. The van der Waals surface area contributed by atoms with Gasteiger partial charge in [0.15, 0.2) is 0 Å². The van der Waals surface area contributed by atoms with Crippen molar-refractivity contribution in [3.05, 3.63) is 35.2 Å². The third kappa shape index (κ3) is 1.78. The van der Waals surface area contributed by atoms with Crippen LogP contribution in [-0.2, 0) is 19.9 Å². The molecule has 1 aliphatic rings. The summed E-state index contributed by atoms with van der Waals surface area (Å²) in [6.07, 6.45) is 6.24. The summed E-state index contributed by atoms with van der Waals surface area (Å²) in [6, 6.07) is 6.25. The van der Waals surface area contributed by atoms with E-state index in [1.165, 1.54) is 5.56 Å². The van der Waals surface area contributed by atoms with Crippen LogP contribution >= 0.6 is 0 Å². The second-order valence-corrected chi connectivity index (χ2v) is 5.00. The molecule has 0 saturated heterocycles. The van der Waals surface area contributed by atoms with Gasteiger partial charge in [0.2, 0.25) is 0 Å². The van der Waals surface area contributed by atoms with E-state index in [9.17, 15) is 5.26 Å². The van der Waals surface area contributed by atoms with Gasteiger partial charge in [-0.2, -0.15) is 5.26 Å². The minimum atomic E-state index is 0.361. The maximum atomic E-state index is 9.41. The lowest BCUT2D eigenvalue weighted by molar-refractivity contribution is 0.669. The van der Waals surface area contributed by atoms with Crippen LogP contribution in [0.4, 0.5) is 5.82 Å². The summed E-state index contributed by atoms with van der Waals surface area (Å²) in [4.78, 5) is 4.43. The summed E-state index contributed by atoms with van der Waals surface area (Å²) >= 11 is 0. The number of anilines is 1. The van der Waals surface area contributed by atoms with Gasteiger partial charge in [-0.3, -0.25) is 0 Å². The molecular formula is C15H16N4. The molecule has 0 unspecified atom stereocenters. The van der Waals surface area contributed by atoms with Crippen molar-refractivity contribution in [3.63, 3.8) is 0 Å². The van der Waals surface area contributed by atoms with Crippen molar-refractivity contribution in [3.8, 4) is 17.3 Å². The average Bonchev–Trinajstić information content (AvgIpc) is 2.83. The van der Waals surface area contributed by atoms with Crippen LogP contribution in [0.3, 0.4) is 0 Å². The van der Waals surface area contributed by atoms with Crippen molar-refractivity contribution in [2.24, 2.45) is 7.05 Å². The first kappa shape index (κ1) is 11.8. The lowest BCUT2D eigenvalue weighted by Crippen LogP contribution is -2.12. The summed E-state index contributed by atoms with van der Waals surface area (Å²) < 4.78 is 2.03. The van der Waals surface area contributed by atoms with Crippen molar-refractivity contribution >= 4 is 5.82 Å². The van der Waals surface area contributed by atoms with Crippen LogP contribution < -0.4 is 5.73 Å².